The fourth-order valence-electron chi connectivity index (χ4n) is 1.16. The highest BCUT2D eigenvalue weighted by Gasteiger charge is 2.21. The molecule has 2 aromatic heterocycles. The molecule has 0 atom stereocenters. The van der Waals surface area contributed by atoms with Crippen molar-refractivity contribution < 1.29 is 13.2 Å². The minimum Gasteiger partial charge on any atom is -0.301 e. The van der Waals surface area contributed by atoms with Crippen LogP contribution in [0.3, 0.4) is 0 Å². The lowest BCUT2D eigenvalue weighted by Crippen LogP contribution is -2.13. The number of pyridine rings is 1. The summed E-state index contributed by atoms with van der Waals surface area (Å²) in [7, 11) is -3.88. The lowest BCUT2D eigenvalue weighted by molar-refractivity contribution is -0.114. The molecule has 20 heavy (non-hydrogen) atoms. The molecule has 2 aromatic rings. The van der Waals surface area contributed by atoms with Crippen LogP contribution in [0.15, 0.2) is 27.1 Å². The summed E-state index contributed by atoms with van der Waals surface area (Å²) in [5.74, 6) is -0.206. The molecule has 2 N–H and O–H groups in total. The third-order valence-corrected chi connectivity index (χ3v) is 4.93. The van der Waals surface area contributed by atoms with Gasteiger partial charge in [-0.3, -0.25) is 9.52 Å². The minimum atomic E-state index is -3.88. The first kappa shape index (κ1) is 14.8. The van der Waals surface area contributed by atoms with Crippen molar-refractivity contribution in [1.29, 1.82) is 0 Å². The van der Waals surface area contributed by atoms with Gasteiger partial charge in [0.05, 0.1) is 0 Å². The number of carbonyl (C=O) groups excluding carboxylic acids is 1. The third kappa shape index (κ3) is 3.71. The van der Waals surface area contributed by atoms with Crippen LogP contribution in [0.1, 0.15) is 6.92 Å². The van der Waals surface area contributed by atoms with E-state index in [1.807, 2.05) is 0 Å². The third-order valence-electron chi connectivity index (χ3n) is 1.88. The molecule has 0 fully saturated rings. The maximum absolute atomic E-state index is 12.0. The Kier molecular flexibility index (Phi) is 4.30. The van der Waals surface area contributed by atoms with Crippen LogP contribution >= 0.6 is 27.3 Å². The fraction of sp³-hybridized carbons (Fsp3) is 0.111. The number of anilines is 2. The molecule has 106 valence electrons. The summed E-state index contributed by atoms with van der Waals surface area (Å²) in [6.45, 7) is 1.29. The molecular formula is C9H8BrN5O3S2. The second-order valence-electron chi connectivity index (χ2n) is 3.52. The number of sulfonamides is 1. The first-order chi connectivity index (χ1) is 9.37. The van der Waals surface area contributed by atoms with Crippen molar-refractivity contribution in [3.8, 4) is 0 Å². The Morgan fingerprint density at radius 2 is 2.15 bits per heavy atom. The number of carbonyl (C=O) groups is 1. The molecule has 11 heteroatoms. The number of nitrogens with one attached hydrogen (secondary N) is 2. The molecule has 2 heterocycles. The molecule has 0 aliphatic rings. The van der Waals surface area contributed by atoms with Gasteiger partial charge < -0.3 is 5.32 Å². The van der Waals surface area contributed by atoms with Crippen molar-refractivity contribution in [1.82, 2.24) is 15.2 Å². The lowest BCUT2D eigenvalue weighted by Gasteiger charge is -2.03. The van der Waals surface area contributed by atoms with E-state index < -0.39 is 10.0 Å². The van der Waals surface area contributed by atoms with Crippen molar-refractivity contribution in [2.45, 2.75) is 11.3 Å². The van der Waals surface area contributed by atoms with Gasteiger partial charge in [-0.1, -0.05) is 27.3 Å². The molecule has 0 unspecified atom stereocenters. The maximum Gasteiger partial charge on any atom is 0.292 e. The zero-order chi connectivity index (χ0) is 14.8. The van der Waals surface area contributed by atoms with Gasteiger partial charge in [-0.2, -0.15) is 8.42 Å². The second-order valence-corrected chi connectivity index (χ2v) is 7.27. The van der Waals surface area contributed by atoms with Crippen molar-refractivity contribution in [3.63, 3.8) is 0 Å². The van der Waals surface area contributed by atoms with Gasteiger partial charge in [0, 0.05) is 17.6 Å². The average molecular weight is 378 g/mol. The Balaban J connectivity index is 2.22. The topological polar surface area (TPSA) is 114 Å². The summed E-state index contributed by atoms with van der Waals surface area (Å²) >= 11 is 3.96. The van der Waals surface area contributed by atoms with E-state index in [0.717, 1.165) is 11.3 Å². The summed E-state index contributed by atoms with van der Waals surface area (Å²) < 4.78 is 26.8. The number of hydrogen-bond acceptors (Lipinski definition) is 7. The van der Waals surface area contributed by atoms with Crippen LogP contribution in [0.2, 0.25) is 0 Å². The zero-order valence-electron chi connectivity index (χ0n) is 9.99. The number of halogens is 1. The molecular weight excluding hydrogens is 370 g/mol. The standard InChI is InChI=1S/C9H8BrN5O3S2/c1-5(16)12-8-13-14-9(19-8)20(17,18)15-7-4-6(10)2-3-11-7/h2-4H,1H3,(H,11,15)(H,12,13,16). The first-order valence-corrected chi connectivity index (χ1v) is 8.21. The van der Waals surface area contributed by atoms with Crippen molar-refractivity contribution in [2.75, 3.05) is 10.0 Å². The van der Waals surface area contributed by atoms with Crippen LogP contribution < -0.4 is 10.0 Å². The Morgan fingerprint density at radius 3 is 2.80 bits per heavy atom. The number of aromatic nitrogens is 3. The number of amides is 1. The molecule has 0 saturated carbocycles. The van der Waals surface area contributed by atoms with Crippen molar-refractivity contribution in [3.05, 3.63) is 22.8 Å². The molecule has 2 rings (SSSR count). The predicted octanol–water partition coefficient (Wildman–Crippen LogP) is 1.45. The van der Waals surface area contributed by atoms with E-state index in [-0.39, 0.29) is 21.2 Å². The Labute approximate surface area is 126 Å². The molecule has 0 radical (unpaired) electrons. The van der Waals surface area contributed by atoms with Crippen LogP contribution in [0.4, 0.5) is 10.9 Å². The Bertz CT molecular complexity index is 746. The summed E-state index contributed by atoms with van der Waals surface area (Å²) in [6, 6.07) is 3.17. The largest absolute Gasteiger partial charge is 0.301 e. The summed E-state index contributed by atoms with van der Waals surface area (Å²) in [5.41, 5.74) is 0. The SMILES string of the molecule is CC(=O)Nc1nnc(S(=O)(=O)Nc2cc(Br)ccn2)s1. The molecule has 1 amide bonds. The van der Waals surface area contributed by atoms with Gasteiger partial charge in [0.1, 0.15) is 5.82 Å². The molecule has 8 nitrogen and oxygen atoms in total. The van der Waals surface area contributed by atoms with Crippen LogP contribution in [0.25, 0.3) is 0 Å². The highest BCUT2D eigenvalue weighted by atomic mass is 79.9. The van der Waals surface area contributed by atoms with Gasteiger partial charge in [0.15, 0.2) is 0 Å². The Hall–Kier alpha value is -1.59. The van der Waals surface area contributed by atoms with E-state index in [0.29, 0.717) is 4.47 Å². The van der Waals surface area contributed by atoms with Crippen LogP contribution in [-0.2, 0) is 14.8 Å². The van der Waals surface area contributed by atoms with E-state index in [4.69, 9.17) is 0 Å². The maximum atomic E-state index is 12.0. The highest BCUT2D eigenvalue weighted by Crippen LogP contribution is 2.22. The van der Waals surface area contributed by atoms with Gasteiger partial charge in [-0.25, -0.2) is 4.98 Å². The minimum absolute atomic E-state index is 0.111. The van der Waals surface area contributed by atoms with E-state index in [2.05, 4.69) is 41.2 Å². The Morgan fingerprint density at radius 1 is 1.40 bits per heavy atom. The van der Waals surface area contributed by atoms with Crippen LogP contribution in [-0.4, -0.2) is 29.5 Å². The van der Waals surface area contributed by atoms with Crippen molar-refractivity contribution in [2.24, 2.45) is 0 Å². The monoisotopic (exact) mass is 377 g/mol. The van der Waals surface area contributed by atoms with E-state index in [1.165, 1.54) is 19.2 Å². The molecule has 0 aliphatic heterocycles. The first-order valence-electron chi connectivity index (χ1n) is 5.12. The quantitative estimate of drug-likeness (QED) is 0.779. The molecule has 0 bridgehead atoms. The van der Waals surface area contributed by atoms with Gasteiger partial charge in [0.2, 0.25) is 11.0 Å². The van der Waals surface area contributed by atoms with E-state index >= 15 is 0 Å². The van der Waals surface area contributed by atoms with Crippen LogP contribution in [0, 0.1) is 0 Å². The molecule has 0 saturated heterocycles. The normalized spacial score (nSPS) is 11.1. The molecule has 0 aromatic carbocycles. The smallest absolute Gasteiger partial charge is 0.292 e. The van der Waals surface area contributed by atoms with E-state index in [1.54, 1.807) is 6.07 Å². The zero-order valence-corrected chi connectivity index (χ0v) is 13.2. The van der Waals surface area contributed by atoms with E-state index in [9.17, 15) is 13.2 Å². The highest BCUT2D eigenvalue weighted by molar-refractivity contribution is 9.10. The van der Waals surface area contributed by atoms with Gasteiger partial charge in [0.25, 0.3) is 14.4 Å². The number of rotatable bonds is 4. The second kappa shape index (κ2) is 5.81. The summed E-state index contributed by atoms with van der Waals surface area (Å²) in [6.07, 6.45) is 1.45. The number of hydrogen-bond donors (Lipinski definition) is 2. The van der Waals surface area contributed by atoms with Crippen molar-refractivity contribution >= 4 is 54.1 Å². The summed E-state index contributed by atoms with van der Waals surface area (Å²) in [5, 5.41) is 9.56. The van der Waals surface area contributed by atoms with Gasteiger partial charge >= 0.3 is 0 Å². The predicted molar refractivity (Wildman–Crippen MR) is 77.0 cm³/mol. The van der Waals surface area contributed by atoms with Crippen LogP contribution in [0.5, 0.6) is 0 Å². The molecule has 0 spiro atoms. The molecule has 0 aliphatic carbocycles. The average Bonchev–Trinajstić information content (AvgIpc) is 2.76. The van der Waals surface area contributed by atoms with Gasteiger partial charge in [-0.15, -0.1) is 10.2 Å². The lowest BCUT2D eigenvalue weighted by atomic mass is 10.5. The summed E-state index contributed by atoms with van der Waals surface area (Å²) in [4.78, 5) is 14.7. The number of nitrogens with zero attached hydrogens (tertiary/aromatic N) is 3. The fourth-order valence-corrected chi connectivity index (χ4v) is 3.44. The van der Waals surface area contributed by atoms with Gasteiger partial charge in [-0.05, 0) is 12.1 Å².